The number of fused-ring (bicyclic) bond motifs is 1. The van der Waals surface area contributed by atoms with Gasteiger partial charge in [0.2, 0.25) is 0 Å². The Balaban J connectivity index is 1.98. The summed E-state index contributed by atoms with van der Waals surface area (Å²) in [4.78, 5) is 7.05. The molecule has 1 aliphatic heterocycles. The van der Waals surface area contributed by atoms with Crippen molar-refractivity contribution < 1.29 is 0 Å². The van der Waals surface area contributed by atoms with Crippen molar-refractivity contribution in [3.05, 3.63) is 30.1 Å². The summed E-state index contributed by atoms with van der Waals surface area (Å²) in [5, 5.41) is 0. The molecule has 1 aliphatic rings. The molecule has 0 amide bonds. The number of likely N-dealkylation sites (N-methyl/N-ethyl adjacent to an activating group) is 1. The van der Waals surface area contributed by atoms with E-state index in [1.54, 1.807) is 0 Å². The van der Waals surface area contributed by atoms with Crippen LogP contribution >= 0.6 is 11.6 Å². The van der Waals surface area contributed by atoms with Crippen LogP contribution in [0.5, 0.6) is 0 Å². The minimum atomic E-state index is 0.477. The van der Waals surface area contributed by atoms with E-state index < -0.39 is 0 Å². The summed E-state index contributed by atoms with van der Waals surface area (Å²) >= 11 is 6.03. The highest BCUT2D eigenvalue weighted by molar-refractivity contribution is 6.16. The van der Waals surface area contributed by atoms with E-state index in [0.29, 0.717) is 11.9 Å². The van der Waals surface area contributed by atoms with Gasteiger partial charge in [0.05, 0.1) is 16.9 Å². The summed E-state index contributed by atoms with van der Waals surface area (Å²) in [6, 6.07) is 8.90. The number of nitrogens with zero attached hydrogens (tertiary/aromatic N) is 3. The zero-order valence-corrected chi connectivity index (χ0v) is 11.4. The predicted molar refractivity (Wildman–Crippen MR) is 74.9 cm³/mol. The van der Waals surface area contributed by atoms with Gasteiger partial charge in [-0.15, -0.1) is 11.6 Å². The molecule has 3 nitrogen and oxygen atoms in total. The van der Waals surface area contributed by atoms with Crippen LogP contribution < -0.4 is 0 Å². The molecule has 96 valence electrons. The number of para-hydroxylation sites is 2. The molecule has 0 spiro atoms. The third-order valence-corrected chi connectivity index (χ3v) is 4.16. The number of likely N-dealkylation sites (tertiary alicyclic amines) is 1. The van der Waals surface area contributed by atoms with Crippen LogP contribution in [0.25, 0.3) is 11.0 Å². The lowest BCUT2D eigenvalue weighted by Gasteiger charge is -2.21. The molecule has 0 bridgehead atoms. The number of hydrogen-bond acceptors (Lipinski definition) is 2. The SMILES string of the molecule is CN1CCCC1Cn1c(CCl)nc2ccccc21. The molecule has 1 aromatic heterocycles. The zero-order chi connectivity index (χ0) is 12.5. The summed E-state index contributed by atoms with van der Waals surface area (Å²) in [6.07, 6.45) is 2.56. The van der Waals surface area contributed by atoms with Crippen molar-refractivity contribution in [2.75, 3.05) is 13.6 Å². The number of halogens is 1. The average Bonchev–Trinajstić information content (AvgIpc) is 2.95. The van der Waals surface area contributed by atoms with Crippen LogP contribution in [-0.4, -0.2) is 34.1 Å². The molecule has 2 aromatic rings. The lowest BCUT2D eigenvalue weighted by Crippen LogP contribution is -2.29. The lowest BCUT2D eigenvalue weighted by atomic mass is 10.2. The molecule has 2 heterocycles. The van der Waals surface area contributed by atoms with Crippen molar-refractivity contribution in [3.8, 4) is 0 Å². The maximum atomic E-state index is 6.03. The molecule has 1 unspecified atom stereocenters. The van der Waals surface area contributed by atoms with E-state index >= 15 is 0 Å². The molecule has 1 atom stereocenters. The van der Waals surface area contributed by atoms with Gasteiger partial charge in [-0.05, 0) is 38.6 Å². The Morgan fingerprint density at radius 3 is 2.94 bits per heavy atom. The van der Waals surface area contributed by atoms with Crippen LogP contribution in [0.15, 0.2) is 24.3 Å². The monoisotopic (exact) mass is 263 g/mol. The largest absolute Gasteiger partial charge is 0.325 e. The number of imidazole rings is 1. The molecule has 0 saturated carbocycles. The highest BCUT2D eigenvalue weighted by atomic mass is 35.5. The summed E-state index contributed by atoms with van der Waals surface area (Å²) in [5.74, 6) is 1.46. The lowest BCUT2D eigenvalue weighted by molar-refractivity contribution is 0.282. The average molecular weight is 264 g/mol. The number of alkyl halides is 1. The van der Waals surface area contributed by atoms with Crippen LogP contribution in [0.3, 0.4) is 0 Å². The first-order valence-electron chi connectivity index (χ1n) is 6.50. The third-order valence-electron chi connectivity index (χ3n) is 3.92. The van der Waals surface area contributed by atoms with Gasteiger partial charge in [-0.25, -0.2) is 4.98 Å². The van der Waals surface area contributed by atoms with Gasteiger partial charge in [0.15, 0.2) is 0 Å². The van der Waals surface area contributed by atoms with Crippen molar-refractivity contribution in [1.29, 1.82) is 0 Å². The molecule has 3 rings (SSSR count). The second-order valence-electron chi connectivity index (χ2n) is 5.04. The fraction of sp³-hybridized carbons (Fsp3) is 0.500. The second kappa shape index (κ2) is 4.90. The van der Waals surface area contributed by atoms with E-state index in [0.717, 1.165) is 17.9 Å². The van der Waals surface area contributed by atoms with E-state index in [9.17, 15) is 0 Å². The van der Waals surface area contributed by atoms with Gasteiger partial charge in [-0.3, -0.25) is 0 Å². The predicted octanol–water partition coefficient (Wildman–Crippen LogP) is 2.87. The molecule has 1 fully saturated rings. The van der Waals surface area contributed by atoms with E-state index in [1.807, 2.05) is 6.07 Å². The van der Waals surface area contributed by atoms with Gasteiger partial charge < -0.3 is 9.47 Å². The van der Waals surface area contributed by atoms with E-state index in [4.69, 9.17) is 11.6 Å². The first-order chi connectivity index (χ1) is 8.79. The minimum absolute atomic E-state index is 0.477. The zero-order valence-electron chi connectivity index (χ0n) is 10.6. The smallest absolute Gasteiger partial charge is 0.124 e. The summed E-state index contributed by atoms with van der Waals surface area (Å²) in [7, 11) is 2.21. The Kier molecular flexibility index (Phi) is 3.27. The molecular weight excluding hydrogens is 246 g/mol. The van der Waals surface area contributed by atoms with Crippen LogP contribution in [0.1, 0.15) is 18.7 Å². The van der Waals surface area contributed by atoms with Gasteiger partial charge in [0, 0.05) is 12.6 Å². The number of aromatic nitrogens is 2. The maximum Gasteiger partial charge on any atom is 0.124 e. The van der Waals surface area contributed by atoms with Crippen molar-refractivity contribution in [2.24, 2.45) is 0 Å². The first-order valence-corrected chi connectivity index (χ1v) is 7.03. The molecule has 18 heavy (non-hydrogen) atoms. The van der Waals surface area contributed by atoms with Crippen molar-refractivity contribution in [3.63, 3.8) is 0 Å². The van der Waals surface area contributed by atoms with Gasteiger partial charge in [0.1, 0.15) is 5.82 Å². The van der Waals surface area contributed by atoms with Gasteiger partial charge in [-0.1, -0.05) is 12.1 Å². The normalized spacial score (nSPS) is 20.9. The Hall–Kier alpha value is -1.06. The Labute approximate surface area is 112 Å². The van der Waals surface area contributed by atoms with Gasteiger partial charge in [-0.2, -0.15) is 0 Å². The van der Waals surface area contributed by atoms with Crippen LogP contribution in [-0.2, 0) is 12.4 Å². The number of benzene rings is 1. The highest BCUT2D eigenvalue weighted by Crippen LogP contribution is 2.22. The Bertz CT molecular complexity index is 549. The standard InChI is InChI=1S/C14H18ClN3/c1-17-8-4-5-11(17)10-18-13-7-3-2-6-12(13)16-14(18)9-15/h2-3,6-7,11H,4-5,8-10H2,1H3. The number of hydrogen-bond donors (Lipinski definition) is 0. The minimum Gasteiger partial charge on any atom is -0.325 e. The molecule has 1 aromatic carbocycles. The van der Waals surface area contributed by atoms with Crippen LogP contribution in [0.4, 0.5) is 0 Å². The topological polar surface area (TPSA) is 21.1 Å². The quantitative estimate of drug-likeness (QED) is 0.794. The van der Waals surface area contributed by atoms with Crippen molar-refractivity contribution >= 4 is 22.6 Å². The molecule has 0 radical (unpaired) electrons. The van der Waals surface area contributed by atoms with Gasteiger partial charge >= 0.3 is 0 Å². The molecule has 4 heteroatoms. The first kappa shape index (κ1) is 12.0. The number of rotatable bonds is 3. The summed E-state index contributed by atoms with van der Waals surface area (Å²) in [6.45, 7) is 2.20. The molecule has 0 N–H and O–H groups in total. The Morgan fingerprint density at radius 2 is 2.22 bits per heavy atom. The second-order valence-corrected chi connectivity index (χ2v) is 5.30. The van der Waals surface area contributed by atoms with Crippen molar-refractivity contribution in [2.45, 2.75) is 31.3 Å². The molecule has 1 saturated heterocycles. The van der Waals surface area contributed by atoms with Gasteiger partial charge in [0.25, 0.3) is 0 Å². The van der Waals surface area contributed by atoms with Crippen LogP contribution in [0, 0.1) is 0 Å². The van der Waals surface area contributed by atoms with Crippen molar-refractivity contribution in [1.82, 2.24) is 14.5 Å². The molecule has 0 aliphatic carbocycles. The van der Waals surface area contributed by atoms with E-state index in [-0.39, 0.29) is 0 Å². The fourth-order valence-electron chi connectivity index (χ4n) is 2.85. The summed E-state index contributed by atoms with van der Waals surface area (Å²) < 4.78 is 2.29. The van der Waals surface area contributed by atoms with Crippen LogP contribution in [0.2, 0.25) is 0 Å². The summed E-state index contributed by atoms with van der Waals surface area (Å²) in [5.41, 5.74) is 2.25. The van der Waals surface area contributed by atoms with E-state index in [2.05, 4.69) is 39.7 Å². The third kappa shape index (κ3) is 2.02. The highest BCUT2D eigenvalue weighted by Gasteiger charge is 2.23. The maximum absolute atomic E-state index is 6.03. The Morgan fingerprint density at radius 1 is 1.39 bits per heavy atom. The fourth-order valence-corrected chi connectivity index (χ4v) is 3.06. The molecular formula is C14H18ClN3. The van der Waals surface area contributed by atoms with E-state index in [1.165, 1.54) is 24.9 Å².